The van der Waals surface area contributed by atoms with Gasteiger partial charge in [-0.3, -0.25) is 14.4 Å². The molecule has 2 unspecified atom stereocenters. The smallest absolute Gasteiger partial charge is 0.363 e. The highest BCUT2D eigenvalue weighted by molar-refractivity contribution is 6.02. The molecule has 7 N–H and O–H groups in total. The normalized spacial score (nSPS) is 22.3. The van der Waals surface area contributed by atoms with Gasteiger partial charge in [0.15, 0.2) is 0 Å². The van der Waals surface area contributed by atoms with E-state index in [9.17, 15) is 34.5 Å². The summed E-state index contributed by atoms with van der Waals surface area (Å²) >= 11 is 0. The van der Waals surface area contributed by atoms with Crippen molar-refractivity contribution < 1.29 is 66.1 Å². The Balaban J connectivity index is 0.000000185. The largest absolute Gasteiger partial charge is 0.497 e. The molecule has 0 bridgehead atoms. The van der Waals surface area contributed by atoms with Gasteiger partial charge in [0.25, 0.3) is 17.7 Å². The number of carbonyl (C=O) groups excluding carboxylic acids is 4. The number of nitrogens with two attached hydrogens (primary N) is 1. The van der Waals surface area contributed by atoms with Crippen molar-refractivity contribution in [2.45, 2.75) is 61.3 Å². The lowest BCUT2D eigenvalue weighted by molar-refractivity contribution is -0.172. The molecular formula is C56H59N3O13. The van der Waals surface area contributed by atoms with E-state index >= 15 is 0 Å². The number of aliphatic hydroxyl groups is 4. The monoisotopic (exact) mass is 985 g/mol. The standard InChI is InChI=1S/C26H27NO5.C25H21NO6.C5H11NO2/c1-31-22-13-11-21(12-14-22)26(30,19-5-3-2-4-6-19)20-9-7-18(8-10-20)25(29)27-17-24-23(28)15-16-32-24;1-31-21-13-11-20(12-14-21)25(30,18-5-3-2-4-6-18)19-9-7-17(8-10-19)24(29)32-26-22(27)15-16-23(26)28;6-3-5-4(7)1-2-8-5/h2-14,23-24,28,30H,15-17H2,1H3,(H,27,29);2-14,30H,15-16H2,1H3;4-5,7H,1-3,6H2/t23-,24+,26?;;4-,5+/m0.0/s1/i16T;;2T/t16-,23-,24+,26?;;2-,4-,5+. The number of rotatable bonds is 14. The Bertz CT molecular complexity index is 2800. The van der Waals surface area contributed by atoms with Crippen LogP contribution in [-0.2, 0) is 35.1 Å². The van der Waals surface area contributed by atoms with Crippen molar-refractivity contribution in [3.8, 4) is 11.5 Å². The van der Waals surface area contributed by atoms with Gasteiger partial charge in [-0.2, -0.15) is 0 Å². The van der Waals surface area contributed by atoms with Gasteiger partial charge in [0.05, 0.1) is 40.8 Å². The van der Waals surface area contributed by atoms with E-state index in [2.05, 4.69) is 5.32 Å². The molecule has 3 saturated heterocycles. The van der Waals surface area contributed by atoms with Crippen LogP contribution in [0.15, 0.2) is 158 Å². The number of benzene rings is 6. The molecule has 0 aromatic heterocycles. The SMILES string of the molecule is COc1ccc(C(O)(c2ccccc2)c2ccc(C(=O)ON3C(=O)CCC3=O)cc2)cc1.[3H][C@H]1C[C@H](O)[C@@H](CN)O1.[3H][C@H]1C[C@H](O)[C@@H](CNC(=O)c2ccc(C(O)(c3ccccc3)c3ccc(OC)cc3)cc2)O1. The number of hydrogen-bond donors (Lipinski definition) is 6. The number of nitrogens with one attached hydrogen (secondary N) is 1. The van der Waals surface area contributed by atoms with E-state index in [1.807, 2.05) is 72.8 Å². The summed E-state index contributed by atoms with van der Waals surface area (Å²) in [6.07, 6.45) is -1.52. The van der Waals surface area contributed by atoms with Crippen LogP contribution in [0.3, 0.4) is 0 Å². The van der Waals surface area contributed by atoms with Crippen molar-refractivity contribution in [3.63, 3.8) is 0 Å². The second-order valence-corrected chi connectivity index (χ2v) is 17.0. The number of hydrogen-bond acceptors (Lipinski definition) is 14. The van der Waals surface area contributed by atoms with E-state index < -0.39 is 60.5 Å². The Morgan fingerprint density at radius 1 is 0.611 bits per heavy atom. The van der Waals surface area contributed by atoms with E-state index in [1.165, 1.54) is 12.1 Å². The van der Waals surface area contributed by atoms with Gasteiger partial charge >= 0.3 is 5.97 Å². The zero-order valence-electron chi connectivity index (χ0n) is 41.7. The first-order valence-electron chi connectivity index (χ1n) is 24.4. The van der Waals surface area contributed by atoms with Crippen molar-refractivity contribution in [1.82, 2.24) is 10.4 Å². The topological polar surface area (TPSA) is 237 Å². The van der Waals surface area contributed by atoms with Crippen molar-refractivity contribution in [1.29, 1.82) is 0 Å². The number of imide groups is 1. The van der Waals surface area contributed by atoms with Crippen LogP contribution in [0, 0.1) is 0 Å². The third-order valence-electron chi connectivity index (χ3n) is 12.5. The molecule has 16 heteroatoms. The quantitative estimate of drug-likeness (QED) is 0.0612. The molecule has 376 valence electrons. The number of methoxy groups -OCH3 is 2. The molecule has 16 nitrogen and oxygen atoms in total. The Kier molecular flexibility index (Phi) is 16.7. The fourth-order valence-electron chi connectivity index (χ4n) is 8.26. The van der Waals surface area contributed by atoms with Crippen LogP contribution in [0.2, 0.25) is 0 Å². The maximum Gasteiger partial charge on any atom is 0.363 e. The first-order valence-corrected chi connectivity index (χ1v) is 23.2. The van der Waals surface area contributed by atoms with Gasteiger partial charge in [-0.15, -0.1) is 5.06 Å². The number of aliphatic hydroxyl groups excluding tert-OH is 2. The molecule has 0 saturated carbocycles. The van der Waals surface area contributed by atoms with Crippen molar-refractivity contribution >= 4 is 23.7 Å². The minimum atomic E-state index is -1.49. The van der Waals surface area contributed by atoms with Gasteiger partial charge in [0, 0.05) is 44.7 Å². The fraction of sp³-hybridized carbons (Fsp3) is 0.286. The Morgan fingerprint density at radius 2 is 0.986 bits per heavy atom. The van der Waals surface area contributed by atoms with Crippen molar-refractivity contribution in [3.05, 3.63) is 202 Å². The van der Waals surface area contributed by atoms with E-state index in [4.69, 9.17) is 37.4 Å². The molecule has 3 heterocycles. The number of ether oxygens (including phenoxy) is 4. The van der Waals surface area contributed by atoms with Gasteiger partial charge in [0.1, 0.15) is 28.8 Å². The Labute approximate surface area is 420 Å². The summed E-state index contributed by atoms with van der Waals surface area (Å²) in [5.41, 5.74) is 6.64. The molecule has 72 heavy (non-hydrogen) atoms. The molecule has 0 radical (unpaired) electrons. The minimum absolute atomic E-state index is 0.0248. The molecular weight excluding hydrogens is 923 g/mol. The maximum atomic E-state index is 12.6. The number of amides is 3. The molecule has 0 aliphatic carbocycles. The minimum Gasteiger partial charge on any atom is -0.497 e. The second-order valence-electron chi connectivity index (χ2n) is 17.0. The van der Waals surface area contributed by atoms with Crippen LogP contribution in [0.1, 0.15) is 82.5 Å². The zero-order chi connectivity index (χ0) is 53.0. The lowest BCUT2D eigenvalue weighted by Gasteiger charge is -2.30. The highest BCUT2D eigenvalue weighted by atomic mass is 16.7. The van der Waals surface area contributed by atoms with E-state index in [0.717, 1.165) is 0 Å². The van der Waals surface area contributed by atoms with Crippen molar-refractivity contribution in [2.75, 3.05) is 40.5 Å². The molecule has 9 rings (SSSR count). The number of nitrogens with zero attached hydrogens (tertiary/aromatic N) is 1. The summed E-state index contributed by atoms with van der Waals surface area (Å²) in [7, 11) is 3.16. The molecule has 3 amide bonds. The van der Waals surface area contributed by atoms with E-state index in [1.54, 1.807) is 87.0 Å². The summed E-state index contributed by atoms with van der Waals surface area (Å²) in [5.74, 6) is -0.885. The predicted molar refractivity (Wildman–Crippen MR) is 265 cm³/mol. The second kappa shape index (κ2) is 24.2. The van der Waals surface area contributed by atoms with Crippen molar-refractivity contribution in [2.24, 2.45) is 5.73 Å². The van der Waals surface area contributed by atoms with Crippen LogP contribution in [0.5, 0.6) is 11.5 Å². The number of carbonyl (C=O) groups is 4. The highest BCUT2D eigenvalue weighted by Crippen LogP contribution is 2.39. The van der Waals surface area contributed by atoms with Crippen LogP contribution in [0.4, 0.5) is 0 Å². The first kappa shape index (κ1) is 49.7. The van der Waals surface area contributed by atoms with Crippen LogP contribution >= 0.6 is 0 Å². The lowest BCUT2D eigenvalue weighted by atomic mass is 9.80. The van der Waals surface area contributed by atoms with Gasteiger partial charge in [-0.05, 0) is 94.8 Å². The Morgan fingerprint density at radius 3 is 1.35 bits per heavy atom. The molecule has 0 spiro atoms. The number of hydroxylamine groups is 2. The molecule has 3 aliphatic heterocycles. The van der Waals surface area contributed by atoms with E-state index in [0.29, 0.717) is 68.5 Å². The third kappa shape index (κ3) is 12.1. The van der Waals surface area contributed by atoms with Crippen LogP contribution in [0.25, 0.3) is 0 Å². The molecule has 3 fully saturated rings. The summed E-state index contributed by atoms with van der Waals surface area (Å²) in [6.45, 7) is -0.920. The zero-order valence-corrected chi connectivity index (χ0v) is 39.7. The third-order valence-corrected chi connectivity index (χ3v) is 12.5. The summed E-state index contributed by atoms with van der Waals surface area (Å²) in [4.78, 5) is 53.3. The van der Waals surface area contributed by atoms with Crippen LogP contribution < -0.4 is 20.5 Å². The average molecular weight is 986 g/mol. The highest BCUT2D eigenvalue weighted by Gasteiger charge is 2.37. The molecule has 8 atom stereocenters. The molecule has 6 aromatic rings. The van der Waals surface area contributed by atoms with Gasteiger partial charge in [0.2, 0.25) is 0 Å². The summed E-state index contributed by atoms with van der Waals surface area (Å²) in [6, 6.07) is 45.8. The summed E-state index contributed by atoms with van der Waals surface area (Å²) in [5, 5.41) is 45.9. The van der Waals surface area contributed by atoms with Crippen LogP contribution in [-0.4, -0.2) is 114 Å². The average Bonchev–Trinajstić information content (AvgIpc) is 4.08. The lowest BCUT2D eigenvalue weighted by Crippen LogP contribution is -2.37. The predicted octanol–water partition coefficient (Wildman–Crippen LogP) is 5.15. The van der Waals surface area contributed by atoms with Gasteiger partial charge < -0.3 is 55.3 Å². The molecule has 3 aliphatic rings. The van der Waals surface area contributed by atoms with E-state index in [-0.39, 0.29) is 43.4 Å². The molecule has 6 aromatic carbocycles. The van der Waals surface area contributed by atoms with Gasteiger partial charge in [-0.1, -0.05) is 109 Å². The maximum absolute atomic E-state index is 12.6. The fourth-order valence-corrected chi connectivity index (χ4v) is 8.26. The summed E-state index contributed by atoms with van der Waals surface area (Å²) < 4.78 is 35.3. The Hall–Kier alpha value is -7.28. The first-order chi connectivity index (χ1) is 35.6. The van der Waals surface area contributed by atoms with Gasteiger partial charge in [-0.25, -0.2) is 4.79 Å².